The van der Waals surface area contributed by atoms with Gasteiger partial charge in [-0.2, -0.15) is 9.97 Å². The highest BCUT2D eigenvalue weighted by Crippen LogP contribution is 2.32. The van der Waals surface area contributed by atoms with Gasteiger partial charge in [-0.05, 0) is 7.05 Å². The van der Waals surface area contributed by atoms with Gasteiger partial charge in [-0.3, -0.25) is 9.69 Å². The van der Waals surface area contributed by atoms with E-state index in [0.717, 1.165) is 65.6 Å². The molecule has 27 heavy (non-hydrogen) atoms. The quantitative estimate of drug-likeness (QED) is 0.618. The Morgan fingerprint density at radius 3 is 2.67 bits per heavy atom. The van der Waals surface area contributed by atoms with E-state index < -0.39 is 0 Å². The molecule has 2 fully saturated rings. The lowest BCUT2D eigenvalue weighted by molar-refractivity contribution is -0.114. The Labute approximate surface area is 159 Å². The van der Waals surface area contributed by atoms with Gasteiger partial charge in [0.25, 0.3) is 0 Å². The minimum Gasteiger partial charge on any atom is -0.379 e. The van der Waals surface area contributed by atoms with Crippen LogP contribution in [0.1, 0.15) is 0 Å². The van der Waals surface area contributed by atoms with Crippen molar-refractivity contribution in [2.75, 3.05) is 100 Å². The van der Waals surface area contributed by atoms with E-state index in [9.17, 15) is 4.79 Å². The van der Waals surface area contributed by atoms with Gasteiger partial charge in [-0.1, -0.05) is 0 Å². The molecule has 0 bridgehead atoms. The molecule has 0 unspecified atom stereocenters. The monoisotopic (exact) mass is 376 g/mol. The fraction of sp³-hybridized carbons (Fsp3) is 0.706. The number of amides is 1. The predicted octanol–water partition coefficient (Wildman–Crippen LogP) is -0.663. The summed E-state index contributed by atoms with van der Waals surface area (Å²) in [5.41, 5.74) is 0.645. The number of aromatic nitrogens is 2. The SMILES string of the molecule is CN1CCN(c2nc(NCCN3CCOCC3)c3c(n2)NCC(=O)N3)CC1. The Hall–Kier alpha value is -2.17. The Bertz CT molecular complexity index is 671. The maximum atomic E-state index is 11.8. The largest absolute Gasteiger partial charge is 0.379 e. The maximum Gasteiger partial charge on any atom is 0.243 e. The van der Waals surface area contributed by atoms with Gasteiger partial charge in [0.1, 0.15) is 5.69 Å². The molecule has 2 saturated heterocycles. The molecule has 3 aliphatic heterocycles. The lowest BCUT2D eigenvalue weighted by Gasteiger charge is -2.33. The second-order valence-electron chi connectivity index (χ2n) is 7.17. The minimum absolute atomic E-state index is 0.0744. The van der Waals surface area contributed by atoms with Gasteiger partial charge in [0.2, 0.25) is 11.9 Å². The van der Waals surface area contributed by atoms with Crippen molar-refractivity contribution in [3.05, 3.63) is 0 Å². The van der Waals surface area contributed by atoms with Crippen molar-refractivity contribution in [1.82, 2.24) is 19.8 Å². The third-order valence-corrected chi connectivity index (χ3v) is 5.19. The molecule has 3 aliphatic rings. The summed E-state index contributed by atoms with van der Waals surface area (Å²) in [5.74, 6) is 2.00. The molecule has 0 radical (unpaired) electrons. The summed E-state index contributed by atoms with van der Waals surface area (Å²) >= 11 is 0. The smallest absolute Gasteiger partial charge is 0.243 e. The minimum atomic E-state index is -0.0744. The molecule has 0 aliphatic carbocycles. The molecule has 148 valence electrons. The van der Waals surface area contributed by atoms with E-state index in [1.165, 1.54) is 0 Å². The molecule has 10 nitrogen and oxygen atoms in total. The van der Waals surface area contributed by atoms with Crippen LogP contribution < -0.4 is 20.9 Å². The average Bonchev–Trinajstić information content (AvgIpc) is 2.69. The highest BCUT2D eigenvalue weighted by Gasteiger charge is 2.24. The standard InChI is InChI=1S/C17H28N8O2/c1-23-4-6-25(7-5-23)17-21-15(14-16(22-17)19-12-13(26)20-14)18-2-3-24-8-10-27-11-9-24/h2-12H2,1H3,(H,20,26)(H2,18,19,21,22). The lowest BCUT2D eigenvalue weighted by atomic mass is 10.3. The predicted molar refractivity (Wildman–Crippen MR) is 105 cm³/mol. The molecular formula is C17H28N8O2. The number of ether oxygens (including phenoxy) is 1. The summed E-state index contributed by atoms with van der Waals surface area (Å²) in [6.45, 7) is 9.16. The molecule has 3 N–H and O–H groups in total. The zero-order chi connectivity index (χ0) is 18.6. The fourth-order valence-corrected chi connectivity index (χ4v) is 3.48. The van der Waals surface area contributed by atoms with E-state index >= 15 is 0 Å². The van der Waals surface area contributed by atoms with Gasteiger partial charge in [-0.15, -0.1) is 0 Å². The number of piperazine rings is 1. The Morgan fingerprint density at radius 1 is 1.11 bits per heavy atom. The van der Waals surface area contributed by atoms with Crippen molar-refractivity contribution in [3.8, 4) is 0 Å². The summed E-state index contributed by atoms with van der Waals surface area (Å²) in [6, 6.07) is 0. The van der Waals surface area contributed by atoms with Gasteiger partial charge in [0.05, 0.1) is 19.8 Å². The third kappa shape index (κ3) is 4.40. The first kappa shape index (κ1) is 18.2. The van der Waals surface area contributed by atoms with Gasteiger partial charge in [0, 0.05) is 52.4 Å². The van der Waals surface area contributed by atoms with E-state index in [0.29, 0.717) is 23.3 Å². The van der Waals surface area contributed by atoms with Crippen molar-refractivity contribution < 1.29 is 9.53 Å². The third-order valence-electron chi connectivity index (χ3n) is 5.19. The molecular weight excluding hydrogens is 348 g/mol. The summed E-state index contributed by atoms with van der Waals surface area (Å²) in [4.78, 5) is 28.1. The van der Waals surface area contributed by atoms with Crippen LogP contribution in [0.5, 0.6) is 0 Å². The number of likely N-dealkylation sites (N-methyl/N-ethyl adjacent to an activating group) is 1. The highest BCUT2D eigenvalue weighted by atomic mass is 16.5. The van der Waals surface area contributed by atoms with Crippen molar-refractivity contribution in [1.29, 1.82) is 0 Å². The topological polar surface area (TPSA) is 97.9 Å². The number of rotatable bonds is 5. The number of nitrogens with one attached hydrogen (secondary N) is 3. The van der Waals surface area contributed by atoms with Crippen LogP contribution in [0.3, 0.4) is 0 Å². The van der Waals surface area contributed by atoms with Crippen molar-refractivity contribution in [3.63, 3.8) is 0 Å². The number of carbonyl (C=O) groups excluding carboxylic acids is 1. The number of fused-ring (bicyclic) bond motifs is 1. The Balaban J connectivity index is 1.49. The average molecular weight is 376 g/mol. The molecule has 0 aromatic carbocycles. The number of hydrogen-bond acceptors (Lipinski definition) is 9. The molecule has 1 aromatic rings. The molecule has 4 heterocycles. The first-order valence-corrected chi connectivity index (χ1v) is 9.62. The van der Waals surface area contributed by atoms with Crippen LogP contribution in [0, 0.1) is 0 Å². The first-order chi connectivity index (χ1) is 13.2. The first-order valence-electron chi connectivity index (χ1n) is 9.62. The molecule has 0 saturated carbocycles. The highest BCUT2D eigenvalue weighted by molar-refractivity contribution is 6.03. The Morgan fingerprint density at radius 2 is 1.89 bits per heavy atom. The van der Waals surface area contributed by atoms with E-state index in [1.807, 2.05) is 0 Å². The molecule has 1 aromatic heterocycles. The summed E-state index contributed by atoms with van der Waals surface area (Å²) in [6.07, 6.45) is 0. The van der Waals surface area contributed by atoms with E-state index in [-0.39, 0.29) is 12.5 Å². The van der Waals surface area contributed by atoms with Crippen molar-refractivity contribution in [2.45, 2.75) is 0 Å². The Kier molecular flexibility index (Phi) is 5.55. The molecule has 1 amide bonds. The van der Waals surface area contributed by atoms with Crippen LogP contribution >= 0.6 is 0 Å². The molecule has 0 atom stereocenters. The van der Waals surface area contributed by atoms with Crippen LogP contribution in [-0.4, -0.2) is 105 Å². The maximum absolute atomic E-state index is 11.8. The van der Waals surface area contributed by atoms with Gasteiger partial charge < -0.3 is 30.5 Å². The van der Waals surface area contributed by atoms with Crippen LogP contribution in [0.25, 0.3) is 0 Å². The molecule has 10 heteroatoms. The molecule has 0 spiro atoms. The fourth-order valence-electron chi connectivity index (χ4n) is 3.48. The summed E-state index contributed by atoms with van der Waals surface area (Å²) in [5, 5.41) is 9.42. The van der Waals surface area contributed by atoms with Gasteiger partial charge in [0.15, 0.2) is 11.6 Å². The van der Waals surface area contributed by atoms with E-state index in [4.69, 9.17) is 9.72 Å². The summed E-state index contributed by atoms with van der Waals surface area (Å²) in [7, 11) is 2.13. The summed E-state index contributed by atoms with van der Waals surface area (Å²) < 4.78 is 5.39. The second kappa shape index (κ2) is 8.24. The van der Waals surface area contributed by atoms with Gasteiger partial charge in [-0.25, -0.2) is 0 Å². The van der Waals surface area contributed by atoms with Crippen LogP contribution in [0.2, 0.25) is 0 Å². The van der Waals surface area contributed by atoms with Crippen molar-refractivity contribution >= 4 is 29.2 Å². The number of nitrogens with zero attached hydrogens (tertiary/aromatic N) is 5. The number of carbonyl (C=O) groups is 1. The zero-order valence-electron chi connectivity index (χ0n) is 15.8. The van der Waals surface area contributed by atoms with Crippen molar-refractivity contribution in [2.24, 2.45) is 0 Å². The number of anilines is 4. The van der Waals surface area contributed by atoms with E-state index in [1.54, 1.807) is 0 Å². The van der Waals surface area contributed by atoms with Gasteiger partial charge >= 0.3 is 0 Å². The second-order valence-corrected chi connectivity index (χ2v) is 7.17. The number of hydrogen-bond donors (Lipinski definition) is 3. The van der Waals surface area contributed by atoms with E-state index in [2.05, 4.69) is 42.7 Å². The zero-order valence-corrected chi connectivity index (χ0v) is 15.8. The number of morpholine rings is 1. The van der Waals surface area contributed by atoms with Crippen LogP contribution in [0.4, 0.5) is 23.3 Å². The molecule has 4 rings (SSSR count). The van der Waals surface area contributed by atoms with Crippen LogP contribution in [-0.2, 0) is 9.53 Å². The normalized spacial score (nSPS) is 21.4. The lowest BCUT2D eigenvalue weighted by Crippen LogP contribution is -2.45. The van der Waals surface area contributed by atoms with Crippen LogP contribution in [0.15, 0.2) is 0 Å².